The Balaban J connectivity index is 0.00000392. The zero-order chi connectivity index (χ0) is 19.9. The zero-order valence-corrected chi connectivity index (χ0v) is 20.0. The van der Waals surface area contributed by atoms with E-state index in [4.69, 9.17) is 9.26 Å². The van der Waals surface area contributed by atoms with Crippen LogP contribution in [0.15, 0.2) is 39.8 Å². The summed E-state index contributed by atoms with van der Waals surface area (Å²) in [5, 5.41) is 10.8. The SMILES string of the molecule is CCNC(=NCc1cc(C(C)C)no1)NCC(C)(C)c1ccc(OC)cc1.I. The number of rotatable bonds is 8. The lowest BCUT2D eigenvalue weighted by atomic mass is 9.84. The lowest BCUT2D eigenvalue weighted by molar-refractivity contribution is 0.376. The van der Waals surface area contributed by atoms with Crippen molar-refractivity contribution < 1.29 is 9.26 Å². The molecule has 0 aliphatic rings. The Kier molecular flexibility index (Phi) is 9.78. The van der Waals surface area contributed by atoms with Gasteiger partial charge in [0.15, 0.2) is 11.7 Å². The Morgan fingerprint density at radius 1 is 1.21 bits per heavy atom. The van der Waals surface area contributed by atoms with Gasteiger partial charge in [-0.3, -0.25) is 0 Å². The fraction of sp³-hybridized carbons (Fsp3) is 0.524. The maximum Gasteiger partial charge on any atom is 0.191 e. The van der Waals surface area contributed by atoms with Gasteiger partial charge in [0.05, 0.1) is 12.8 Å². The van der Waals surface area contributed by atoms with E-state index in [0.29, 0.717) is 12.5 Å². The molecule has 0 unspecified atom stereocenters. The summed E-state index contributed by atoms with van der Waals surface area (Å²) in [6.07, 6.45) is 0. The molecule has 1 aromatic carbocycles. The molecule has 0 bridgehead atoms. The summed E-state index contributed by atoms with van der Waals surface area (Å²) in [4.78, 5) is 4.62. The van der Waals surface area contributed by atoms with Crippen LogP contribution in [0.4, 0.5) is 0 Å². The molecule has 0 spiro atoms. The third-order valence-electron chi connectivity index (χ3n) is 4.48. The second kappa shape index (κ2) is 11.3. The van der Waals surface area contributed by atoms with Gasteiger partial charge in [0.1, 0.15) is 12.3 Å². The highest BCUT2D eigenvalue weighted by atomic mass is 127. The van der Waals surface area contributed by atoms with E-state index in [-0.39, 0.29) is 29.4 Å². The first-order chi connectivity index (χ1) is 12.9. The van der Waals surface area contributed by atoms with Crippen LogP contribution in [0.3, 0.4) is 0 Å². The standard InChI is InChI=1S/C21H32N4O2.HI/c1-7-22-20(23-13-18-12-19(15(2)3)25-27-18)24-14-21(4,5)16-8-10-17(26-6)11-9-16;/h8-12,15H,7,13-14H2,1-6H3,(H2,22,23,24);1H. The van der Waals surface area contributed by atoms with Crippen LogP contribution in [-0.2, 0) is 12.0 Å². The van der Waals surface area contributed by atoms with E-state index in [2.05, 4.69) is 67.5 Å². The van der Waals surface area contributed by atoms with Gasteiger partial charge in [-0.25, -0.2) is 4.99 Å². The Bertz CT molecular complexity index is 739. The summed E-state index contributed by atoms with van der Waals surface area (Å²) >= 11 is 0. The molecule has 2 N–H and O–H groups in total. The van der Waals surface area contributed by atoms with Crippen molar-refractivity contribution in [1.82, 2.24) is 15.8 Å². The predicted molar refractivity (Wildman–Crippen MR) is 125 cm³/mol. The van der Waals surface area contributed by atoms with Gasteiger partial charge in [-0.05, 0) is 30.5 Å². The van der Waals surface area contributed by atoms with Gasteiger partial charge in [0.25, 0.3) is 0 Å². The summed E-state index contributed by atoms with van der Waals surface area (Å²) in [6, 6.07) is 10.2. The molecule has 0 saturated carbocycles. The third-order valence-corrected chi connectivity index (χ3v) is 4.48. The maximum atomic E-state index is 5.37. The zero-order valence-electron chi connectivity index (χ0n) is 17.7. The number of guanidine groups is 1. The minimum atomic E-state index is -0.0560. The molecular formula is C21H33IN4O2. The van der Waals surface area contributed by atoms with Gasteiger partial charge in [0.2, 0.25) is 0 Å². The van der Waals surface area contributed by atoms with Crippen LogP contribution in [0.5, 0.6) is 5.75 Å². The molecule has 156 valence electrons. The highest BCUT2D eigenvalue weighted by Crippen LogP contribution is 2.24. The first-order valence-corrected chi connectivity index (χ1v) is 9.48. The Morgan fingerprint density at radius 3 is 2.43 bits per heavy atom. The topological polar surface area (TPSA) is 71.7 Å². The molecular weight excluding hydrogens is 467 g/mol. The van der Waals surface area contributed by atoms with Gasteiger partial charge in [-0.15, -0.1) is 24.0 Å². The summed E-state index contributed by atoms with van der Waals surface area (Å²) in [5.41, 5.74) is 2.14. The molecule has 0 radical (unpaired) electrons. The highest BCUT2D eigenvalue weighted by Gasteiger charge is 2.21. The molecule has 1 heterocycles. The molecule has 0 saturated heterocycles. The lowest BCUT2D eigenvalue weighted by Gasteiger charge is -2.27. The smallest absolute Gasteiger partial charge is 0.191 e. The number of nitrogens with one attached hydrogen (secondary N) is 2. The monoisotopic (exact) mass is 500 g/mol. The van der Waals surface area contributed by atoms with Crippen LogP contribution in [0, 0.1) is 0 Å². The number of aromatic nitrogens is 1. The number of ether oxygens (including phenoxy) is 1. The number of hydrogen-bond donors (Lipinski definition) is 2. The van der Waals surface area contributed by atoms with E-state index >= 15 is 0 Å². The molecule has 2 rings (SSSR count). The Labute approximate surface area is 185 Å². The molecule has 7 heteroatoms. The minimum absolute atomic E-state index is 0. The van der Waals surface area contributed by atoms with Crippen molar-refractivity contribution in [1.29, 1.82) is 0 Å². The largest absolute Gasteiger partial charge is 0.497 e. The fourth-order valence-corrected chi connectivity index (χ4v) is 2.62. The quantitative estimate of drug-likeness (QED) is 0.318. The van der Waals surface area contributed by atoms with E-state index in [1.54, 1.807) is 7.11 Å². The summed E-state index contributed by atoms with van der Waals surface area (Å²) in [7, 11) is 1.68. The van der Waals surface area contributed by atoms with E-state index in [9.17, 15) is 0 Å². The number of halogens is 1. The van der Waals surface area contributed by atoms with Gasteiger partial charge < -0.3 is 19.9 Å². The molecule has 28 heavy (non-hydrogen) atoms. The molecule has 1 aromatic heterocycles. The first-order valence-electron chi connectivity index (χ1n) is 9.48. The van der Waals surface area contributed by atoms with Crippen molar-refractivity contribution in [2.45, 2.75) is 52.5 Å². The van der Waals surface area contributed by atoms with Crippen LogP contribution >= 0.6 is 24.0 Å². The Morgan fingerprint density at radius 2 is 1.89 bits per heavy atom. The predicted octanol–water partition coefficient (Wildman–Crippen LogP) is 4.46. The molecule has 6 nitrogen and oxygen atoms in total. The number of benzene rings is 1. The molecule has 0 aliphatic heterocycles. The number of methoxy groups -OCH3 is 1. The van der Waals surface area contributed by atoms with E-state index in [1.807, 2.05) is 18.2 Å². The van der Waals surface area contributed by atoms with Crippen molar-refractivity contribution in [3.63, 3.8) is 0 Å². The van der Waals surface area contributed by atoms with Crippen molar-refractivity contribution in [2.75, 3.05) is 20.2 Å². The van der Waals surface area contributed by atoms with Crippen molar-refractivity contribution in [3.05, 3.63) is 47.3 Å². The second-order valence-electron chi connectivity index (χ2n) is 7.53. The third kappa shape index (κ3) is 7.00. The molecule has 0 aliphatic carbocycles. The summed E-state index contributed by atoms with van der Waals surface area (Å²) in [5.74, 6) is 2.75. The van der Waals surface area contributed by atoms with Gasteiger partial charge in [-0.1, -0.05) is 45.0 Å². The van der Waals surface area contributed by atoms with Gasteiger partial charge in [0, 0.05) is 24.6 Å². The fourth-order valence-electron chi connectivity index (χ4n) is 2.62. The highest BCUT2D eigenvalue weighted by molar-refractivity contribution is 14.0. The van der Waals surface area contributed by atoms with Crippen molar-refractivity contribution in [3.8, 4) is 5.75 Å². The number of aliphatic imine (C=N–C) groups is 1. The van der Waals surface area contributed by atoms with Crippen LogP contribution in [0.25, 0.3) is 0 Å². The van der Waals surface area contributed by atoms with E-state index < -0.39 is 0 Å². The average molecular weight is 500 g/mol. The van der Waals surface area contributed by atoms with E-state index in [0.717, 1.165) is 36.3 Å². The molecule has 0 amide bonds. The van der Waals surface area contributed by atoms with Gasteiger partial charge >= 0.3 is 0 Å². The van der Waals surface area contributed by atoms with Crippen LogP contribution in [-0.4, -0.2) is 31.3 Å². The average Bonchev–Trinajstić information content (AvgIpc) is 3.13. The van der Waals surface area contributed by atoms with Crippen molar-refractivity contribution >= 4 is 29.9 Å². The van der Waals surface area contributed by atoms with Gasteiger partial charge in [-0.2, -0.15) is 0 Å². The lowest BCUT2D eigenvalue weighted by Crippen LogP contribution is -2.43. The number of nitrogens with zero attached hydrogens (tertiary/aromatic N) is 2. The van der Waals surface area contributed by atoms with Crippen LogP contribution < -0.4 is 15.4 Å². The summed E-state index contributed by atoms with van der Waals surface area (Å²) < 4.78 is 10.6. The first kappa shape index (κ1) is 24.3. The van der Waals surface area contributed by atoms with Crippen molar-refractivity contribution in [2.24, 2.45) is 4.99 Å². The summed E-state index contributed by atoms with van der Waals surface area (Å²) in [6.45, 7) is 12.7. The molecule has 0 atom stereocenters. The second-order valence-corrected chi connectivity index (χ2v) is 7.53. The molecule has 0 fully saturated rings. The van der Waals surface area contributed by atoms with E-state index in [1.165, 1.54) is 5.56 Å². The van der Waals surface area contributed by atoms with Crippen LogP contribution in [0.2, 0.25) is 0 Å². The van der Waals surface area contributed by atoms with Crippen LogP contribution in [0.1, 0.15) is 57.6 Å². The Hall–Kier alpha value is -1.77. The minimum Gasteiger partial charge on any atom is -0.497 e. The maximum absolute atomic E-state index is 5.37. The molecule has 2 aromatic rings. The number of hydrogen-bond acceptors (Lipinski definition) is 4. The normalized spacial score (nSPS) is 11.9.